The van der Waals surface area contributed by atoms with E-state index >= 15 is 0 Å². The van der Waals surface area contributed by atoms with Crippen LogP contribution in [0.5, 0.6) is 5.75 Å². The van der Waals surface area contributed by atoms with Gasteiger partial charge in [0.05, 0.1) is 0 Å². The minimum absolute atomic E-state index is 0.332. The molecule has 1 heterocycles. The third kappa shape index (κ3) is 3.37. The van der Waals surface area contributed by atoms with E-state index in [0.717, 1.165) is 23.8 Å². The van der Waals surface area contributed by atoms with Crippen molar-refractivity contribution in [1.82, 2.24) is 4.98 Å². The summed E-state index contributed by atoms with van der Waals surface area (Å²) in [5.74, 6) is 1.36. The van der Waals surface area contributed by atoms with E-state index in [1.165, 1.54) is 0 Å². The van der Waals surface area contributed by atoms with Crippen molar-refractivity contribution < 1.29 is 5.11 Å². The van der Waals surface area contributed by atoms with Gasteiger partial charge in [0.1, 0.15) is 11.3 Å². The van der Waals surface area contributed by atoms with Gasteiger partial charge in [-0.1, -0.05) is 52.8 Å². The lowest BCUT2D eigenvalue weighted by molar-refractivity contribution is 0.218. The first-order chi connectivity index (χ1) is 9.83. The number of benzene rings is 1. The molecule has 0 aliphatic rings. The van der Waals surface area contributed by atoms with Gasteiger partial charge < -0.3 is 5.11 Å². The molecule has 0 bridgehead atoms. The van der Waals surface area contributed by atoms with Crippen molar-refractivity contribution in [3.8, 4) is 5.75 Å². The molecule has 1 N–H and O–H groups in total. The predicted octanol–water partition coefficient (Wildman–Crippen LogP) is 5.51. The molecule has 0 radical (unpaired) electrons. The minimum atomic E-state index is 0.332. The van der Waals surface area contributed by atoms with E-state index in [1.807, 2.05) is 18.2 Å². The molecule has 2 aromatic rings. The fourth-order valence-electron chi connectivity index (χ4n) is 2.58. The molecule has 0 aliphatic heterocycles. The number of phenols is 1. The molecule has 0 aliphatic carbocycles. The highest BCUT2D eigenvalue weighted by Gasteiger charge is 2.24. The van der Waals surface area contributed by atoms with Crippen LogP contribution in [0.4, 0.5) is 0 Å². The van der Waals surface area contributed by atoms with E-state index in [4.69, 9.17) is 0 Å². The molecule has 2 heteroatoms. The van der Waals surface area contributed by atoms with Crippen molar-refractivity contribution in [2.24, 2.45) is 11.3 Å². The third-order valence-electron chi connectivity index (χ3n) is 5.09. The van der Waals surface area contributed by atoms with Gasteiger partial charge in [-0.15, -0.1) is 0 Å². The highest BCUT2D eigenvalue weighted by Crippen LogP contribution is 2.38. The second-order valence-electron chi connectivity index (χ2n) is 7.16. The molecule has 2 rings (SSSR count). The van der Waals surface area contributed by atoms with Crippen molar-refractivity contribution in [2.75, 3.05) is 0 Å². The molecule has 114 valence electrons. The zero-order chi connectivity index (χ0) is 15.6. The molecule has 1 atom stereocenters. The van der Waals surface area contributed by atoms with Gasteiger partial charge in [-0.3, -0.25) is 4.98 Å². The van der Waals surface area contributed by atoms with Gasteiger partial charge in [0.2, 0.25) is 0 Å². The summed E-state index contributed by atoms with van der Waals surface area (Å²) in [6.07, 6.45) is 3.97. The number of nitrogens with zero attached hydrogens (tertiary/aromatic N) is 1. The number of aromatic nitrogens is 1. The monoisotopic (exact) mass is 285 g/mol. The maximum absolute atomic E-state index is 10.5. The van der Waals surface area contributed by atoms with E-state index in [1.54, 1.807) is 6.20 Å². The van der Waals surface area contributed by atoms with E-state index in [9.17, 15) is 5.11 Å². The van der Waals surface area contributed by atoms with Gasteiger partial charge in [0.25, 0.3) is 0 Å². The van der Waals surface area contributed by atoms with Crippen LogP contribution in [0, 0.1) is 11.3 Å². The van der Waals surface area contributed by atoms with Crippen LogP contribution in [0.2, 0.25) is 0 Å². The van der Waals surface area contributed by atoms with Gasteiger partial charge in [-0.2, -0.15) is 0 Å². The molecule has 1 aromatic carbocycles. The Morgan fingerprint density at radius 2 is 1.86 bits per heavy atom. The topological polar surface area (TPSA) is 33.1 Å². The molecular weight excluding hydrogens is 258 g/mol. The van der Waals surface area contributed by atoms with Gasteiger partial charge >= 0.3 is 0 Å². The smallest absolute Gasteiger partial charge is 0.145 e. The van der Waals surface area contributed by atoms with E-state index in [0.29, 0.717) is 28.5 Å². The molecule has 0 spiro atoms. The summed E-state index contributed by atoms with van der Waals surface area (Å²) in [7, 11) is 0. The molecule has 0 saturated heterocycles. The normalized spacial score (nSPS) is 13.8. The molecule has 1 unspecified atom stereocenters. The maximum atomic E-state index is 10.5. The first kappa shape index (κ1) is 15.8. The number of aromatic hydroxyl groups is 1. The lowest BCUT2D eigenvalue weighted by Crippen LogP contribution is -2.19. The SMILES string of the molecule is CC(CCC(C)(C)C(C)C)c1ccc2cccnc2c1O. The lowest BCUT2D eigenvalue weighted by atomic mass is 9.75. The Bertz CT molecular complexity index is 616. The van der Waals surface area contributed by atoms with Crippen molar-refractivity contribution >= 4 is 10.9 Å². The minimum Gasteiger partial charge on any atom is -0.505 e. The summed E-state index contributed by atoms with van der Waals surface area (Å²) in [6.45, 7) is 11.4. The summed E-state index contributed by atoms with van der Waals surface area (Å²) in [5.41, 5.74) is 2.06. The third-order valence-corrected chi connectivity index (χ3v) is 5.09. The second-order valence-corrected chi connectivity index (χ2v) is 7.16. The number of rotatable bonds is 5. The summed E-state index contributed by atoms with van der Waals surface area (Å²) in [4.78, 5) is 4.31. The van der Waals surface area contributed by atoms with Crippen molar-refractivity contribution in [3.63, 3.8) is 0 Å². The molecular formula is C19H27NO. The summed E-state index contributed by atoms with van der Waals surface area (Å²) >= 11 is 0. The Morgan fingerprint density at radius 1 is 1.14 bits per heavy atom. The van der Waals surface area contributed by atoms with Crippen LogP contribution in [0.3, 0.4) is 0 Å². The zero-order valence-corrected chi connectivity index (χ0v) is 13.9. The number of hydrogen-bond donors (Lipinski definition) is 1. The van der Waals surface area contributed by atoms with Crippen LogP contribution in [0.25, 0.3) is 10.9 Å². The largest absolute Gasteiger partial charge is 0.505 e. The Hall–Kier alpha value is -1.57. The molecule has 0 amide bonds. The second kappa shape index (κ2) is 6.05. The van der Waals surface area contributed by atoms with Crippen molar-refractivity contribution in [3.05, 3.63) is 36.0 Å². The van der Waals surface area contributed by atoms with E-state index in [-0.39, 0.29) is 0 Å². The average molecular weight is 285 g/mol. The summed E-state index contributed by atoms with van der Waals surface area (Å²) in [5, 5.41) is 11.5. The Balaban J connectivity index is 2.20. The van der Waals surface area contributed by atoms with Crippen LogP contribution >= 0.6 is 0 Å². The summed E-state index contributed by atoms with van der Waals surface area (Å²) < 4.78 is 0. The number of phenolic OH excluding ortho intramolecular Hbond substituents is 1. The Labute approximate surface area is 128 Å². The van der Waals surface area contributed by atoms with Crippen LogP contribution in [0.1, 0.15) is 58.9 Å². The van der Waals surface area contributed by atoms with Gasteiger partial charge in [0, 0.05) is 11.6 Å². The van der Waals surface area contributed by atoms with Gasteiger partial charge in [-0.05, 0) is 41.7 Å². The Morgan fingerprint density at radius 3 is 2.52 bits per heavy atom. The fourth-order valence-corrected chi connectivity index (χ4v) is 2.58. The van der Waals surface area contributed by atoms with Crippen LogP contribution in [0.15, 0.2) is 30.5 Å². The zero-order valence-electron chi connectivity index (χ0n) is 13.9. The first-order valence-electron chi connectivity index (χ1n) is 7.89. The molecule has 1 aromatic heterocycles. The van der Waals surface area contributed by atoms with Crippen molar-refractivity contribution in [2.45, 2.75) is 53.4 Å². The Kier molecular flexibility index (Phi) is 4.55. The maximum Gasteiger partial charge on any atom is 0.145 e. The number of pyridine rings is 1. The van der Waals surface area contributed by atoms with E-state index < -0.39 is 0 Å². The molecule has 21 heavy (non-hydrogen) atoms. The molecule has 2 nitrogen and oxygen atoms in total. The predicted molar refractivity (Wildman–Crippen MR) is 89.7 cm³/mol. The fraction of sp³-hybridized carbons (Fsp3) is 0.526. The van der Waals surface area contributed by atoms with Crippen LogP contribution in [-0.2, 0) is 0 Å². The highest BCUT2D eigenvalue weighted by molar-refractivity contribution is 5.85. The standard InChI is InChI=1S/C19H27NO/c1-13(2)19(4,5)11-10-14(3)16-9-8-15-7-6-12-20-17(15)18(16)21/h6-9,12-14,21H,10-11H2,1-5H3. The van der Waals surface area contributed by atoms with Gasteiger partial charge in [-0.25, -0.2) is 0 Å². The van der Waals surface area contributed by atoms with Gasteiger partial charge in [0.15, 0.2) is 0 Å². The van der Waals surface area contributed by atoms with Crippen LogP contribution < -0.4 is 0 Å². The quantitative estimate of drug-likeness (QED) is 0.786. The van der Waals surface area contributed by atoms with Crippen LogP contribution in [-0.4, -0.2) is 10.1 Å². The summed E-state index contributed by atoms with van der Waals surface area (Å²) in [6, 6.07) is 7.99. The lowest BCUT2D eigenvalue weighted by Gasteiger charge is -2.30. The molecule has 0 saturated carbocycles. The number of fused-ring (bicyclic) bond motifs is 1. The molecule has 0 fully saturated rings. The average Bonchev–Trinajstić information content (AvgIpc) is 2.45. The van der Waals surface area contributed by atoms with E-state index in [2.05, 4.69) is 45.7 Å². The number of hydrogen-bond acceptors (Lipinski definition) is 2. The first-order valence-corrected chi connectivity index (χ1v) is 7.89. The van der Waals surface area contributed by atoms with Crippen molar-refractivity contribution in [1.29, 1.82) is 0 Å². The highest BCUT2D eigenvalue weighted by atomic mass is 16.3.